The summed E-state index contributed by atoms with van der Waals surface area (Å²) in [6.45, 7) is 2.68. The lowest BCUT2D eigenvalue weighted by molar-refractivity contribution is 0.107. The van der Waals surface area contributed by atoms with Crippen molar-refractivity contribution in [3.63, 3.8) is 0 Å². The van der Waals surface area contributed by atoms with Crippen LogP contribution in [0.5, 0.6) is 6.01 Å². The molecule has 0 radical (unpaired) electrons. The number of anilines is 3. The van der Waals surface area contributed by atoms with E-state index in [0.29, 0.717) is 50.7 Å². The maximum atomic E-state index is 17.1. The first-order valence-electron chi connectivity index (χ1n) is 16.0. The summed E-state index contributed by atoms with van der Waals surface area (Å²) < 4.78 is 54.8. The van der Waals surface area contributed by atoms with Crippen molar-refractivity contribution in [2.24, 2.45) is 0 Å². The Morgan fingerprint density at radius 2 is 2.08 bits per heavy atom. The quantitative estimate of drug-likeness (QED) is 0.175. The second kappa shape index (κ2) is 12.2. The summed E-state index contributed by atoms with van der Waals surface area (Å²) in [6, 6.07) is 7.53. The number of halogens is 4. The Kier molecular flexibility index (Phi) is 7.88. The number of benzene rings is 2. The molecule has 0 unspecified atom stereocenters. The SMILES string of the molecule is N#Cc1c(NC(=O)O)sc2c(F)ccc(-c3c(Cl)cc4c(N5CCCn6nc(N)cc6C5)nc(OC[C@@]56CCCN5C[C@H](F)C6)nc4c3F)c12. The molecule has 2 fully saturated rings. The molecule has 12 nitrogen and oxygen atoms in total. The van der Waals surface area contributed by atoms with Gasteiger partial charge in [0.15, 0.2) is 5.82 Å². The Morgan fingerprint density at radius 1 is 1.24 bits per heavy atom. The molecule has 3 aromatic heterocycles. The minimum Gasteiger partial charge on any atom is -0.465 e. The number of nitrogens with zero attached hydrogens (tertiary/aromatic N) is 7. The molecular weight excluding hydrogens is 695 g/mol. The van der Waals surface area contributed by atoms with Crippen LogP contribution in [0.1, 0.15) is 36.9 Å². The molecule has 4 N–H and O–H groups in total. The molecule has 2 saturated heterocycles. The van der Waals surface area contributed by atoms with Gasteiger partial charge in [0.25, 0.3) is 0 Å². The molecule has 17 heteroatoms. The van der Waals surface area contributed by atoms with Crippen molar-refractivity contribution in [2.45, 2.75) is 50.5 Å². The molecule has 258 valence electrons. The smallest absolute Gasteiger partial charge is 0.409 e. The number of amides is 1. The van der Waals surface area contributed by atoms with Gasteiger partial charge in [-0.05, 0) is 43.5 Å². The average Bonchev–Trinajstić information content (AvgIpc) is 3.78. The number of aromatic nitrogens is 4. The fraction of sp³-hybridized carbons (Fsp3) is 0.364. The van der Waals surface area contributed by atoms with Crippen molar-refractivity contribution < 1.29 is 27.8 Å². The van der Waals surface area contributed by atoms with Crippen LogP contribution in [-0.2, 0) is 13.1 Å². The van der Waals surface area contributed by atoms with E-state index in [1.807, 2.05) is 15.7 Å². The van der Waals surface area contributed by atoms with E-state index in [0.717, 1.165) is 42.5 Å². The van der Waals surface area contributed by atoms with Crippen LogP contribution in [0.25, 0.3) is 32.1 Å². The first-order valence-corrected chi connectivity index (χ1v) is 17.2. The van der Waals surface area contributed by atoms with E-state index in [-0.39, 0.29) is 60.3 Å². The Bertz CT molecular complexity index is 2260. The van der Waals surface area contributed by atoms with Gasteiger partial charge in [-0.25, -0.2) is 18.0 Å². The molecule has 6 heterocycles. The number of rotatable bonds is 6. The molecule has 3 aliphatic rings. The standard InChI is InChI=1S/C33H29ClF3N9O3S/c34-21-10-19-27(26(37)25(21)18-3-4-22(36)28-24(18)20(12-38)30(50-28)42-32(47)48)40-31(49-15-33-5-1-7-45(33)13-16(35)11-33)41-29(19)44-6-2-8-46-17(14-44)9-23(39)43-46/h3-4,9-10,16,42H,1-2,5-8,11,13-15H2,(H2,39,43)(H,47,48)/t16-,33+/m1/s1. The van der Waals surface area contributed by atoms with Gasteiger partial charge in [0.2, 0.25) is 0 Å². The van der Waals surface area contributed by atoms with Crippen molar-refractivity contribution in [1.29, 1.82) is 5.26 Å². The summed E-state index contributed by atoms with van der Waals surface area (Å²) in [5.74, 6) is -0.861. The van der Waals surface area contributed by atoms with E-state index >= 15 is 8.78 Å². The van der Waals surface area contributed by atoms with Gasteiger partial charge in [0.1, 0.15) is 46.8 Å². The van der Waals surface area contributed by atoms with Gasteiger partial charge in [0, 0.05) is 48.5 Å². The number of alkyl halides is 1. The molecule has 2 aromatic carbocycles. The highest BCUT2D eigenvalue weighted by Gasteiger charge is 2.49. The number of nitrogen functional groups attached to an aromatic ring is 1. The number of thiophene rings is 1. The van der Waals surface area contributed by atoms with Gasteiger partial charge in [-0.1, -0.05) is 17.7 Å². The lowest BCUT2D eigenvalue weighted by atomic mass is 9.95. The first kappa shape index (κ1) is 32.4. The normalized spacial score (nSPS) is 20.5. The van der Waals surface area contributed by atoms with E-state index in [1.54, 1.807) is 6.07 Å². The number of hydrogen-bond acceptors (Lipinski definition) is 10. The van der Waals surface area contributed by atoms with Crippen molar-refractivity contribution in [3.8, 4) is 23.2 Å². The topological polar surface area (TPSA) is 158 Å². The highest BCUT2D eigenvalue weighted by molar-refractivity contribution is 7.23. The zero-order valence-corrected chi connectivity index (χ0v) is 27.9. The number of fused-ring (bicyclic) bond motifs is 4. The third kappa shape index (κ3) is 5.31. The van der Waals surface area contributed by atoms with Gasteiger partial charge in [-0.3, -0.25) is 14.9 Å². The van der Waals surface area contributed by atoms with Crippen molar-refractivity contribution in [2.75, 3.05) is 42.2 Å². The fourth-order valence-corrected chi connectivity index (χ4v) is 9.06. The molecule has 0 spiro atoms. The van der Waals surface area contributed by atoms with E-state index < -0.39 is 29.4 Å². The monoisotopic (exact) mass is 723 g/mol. The van der Waals surface area contributed by atoms with Crippen LogP contribution in [-0.4, -0.2) is 73.8 Å². The fourth-order valence-electron chi connectivity index (χ4n) is 7.70. The summed E-state index contributed by atoms with van der Waals surface area (Å²) in [5, 5.41) is 26.0. The number of aryl methyl sites for hydroxylation is 1. The van der Waals surface area contributed by atoms with Crippen LogP contribution < -0.4 is 20.7 Å². The van der Waals surface area contributed by atoms with Crippen LogP contribution in [0.15, 0.2) is 24.3 Å². The maximum Gasteiger partial charge on any atom is 0.409 e. The van der Waals surface area contributed by atoms with Gasteiger partial charge in [-0.2, -0.15) is 20.3 Å². The maximum absolute atomic E-state index is 17.1. The molecule has 1 amide bonds. The average molecular weight is 724 g/mol. The first-order chi connectivity index (χ1) is 24.0. The summed E-state index contributed by atoms with van der Waals surface area (Å²) in [6.07, 6.45) is 0.235. The molecule has 0 aliphatic carbocycles. The Balaban J connectivity index is 1.30. The molecule has 8 rings (SSSR count). The minimum absolute atomic E-state index is 0.00737. The number of nitrogens with one attached hydrogen (secondary N) is 1. The Labute approximate surface area is 291 Å². The zero-order valence-electron chi connectivity index (χ0n) is 26.3. The van der Waals surface area contributed by atoms with Crippen LogP contribution in [0.2, 0.25) is 5.02 Å². The zero-order chi connectivity index (χ0) is 34.9. The molecule has 3 aliphatic heterocycles. The third-order valence-corrected chi connectivity index (χ3v) is 11.2. The minimum atomic E-state index is -1.44. The highest BCUT2D eigenvalue weighted by atomic mass is 35.5. The van der Waals surface area contributed by atoms with Crippen molar-refractivity contribution in [3.05, 3.63) is 52.2 Å². The molecule has 5 aromatic rings. The number of carbonyl (C=O) groups is 1. The number of nitriles is 1. The van der Waals surface area contributed by atoms with Crippen LogP contribution in [0, 0.1) is 23.0 Å². The lowest BCUT2D eigenvalue weighted by Crippen LogP contribution is -2.43. The number of hydrogen-bond donors (Lipinski definition) is 3. The third-order valence-electron chi connectivity index (χ3n) is 9.80. The largest absolute Gasteiger partial charge is 0.465 e. The second-order valence-electron chi connectivity index (χ2n) is 12.8. The lowest BCUT2D eigenvalue weighted by Gasteiger charge is -2.31. The van der Waals surface area contributed by atoms with Gasteiger partial charge < -0.3 is 20.5 Å². The predicted octanol–water partition coefficient (Wildman–Crippen LogP) is 6.55. The summed E-state index contributed by atoms with van der Waals surface area (Å²) >= 11 is 7.58. The van der Waals surface area contributed by atoms with Crippen LogP contribution in [0.3, 0.4) is 0 Å². The summed E-state index contributed by atoms with van der Waals surface area (Å²) in [7, 11) is 0. The van der Waals surface area contributed by atoms with E-state index in [9.17, 15) is 19.6 Å². The molecule has 0 bridgehead atoms. The highest BCUT2D eigenvalue weighted by Crippen LogP contribution is 2.47. The van der Waals surface area contributed by atoms with Crippen molar-refractivity contribution in [1.82, 2.24) is 24.6 Å². The summed E-state index contributed by atoms with van der Waals surface area (Å²) in [5.41, 5.74) is 5.93. The number of nitrogens with two attached hydrogens (primary N) is 1. The van der Waals surface area contributed by atoms with Crippen LogP contribution >= 0.6 is 22.9 Å². The Morgan fingerprint density at radius 3 is 2.88 bits per heavy atom. The predicted molar refractivity (Wildman–Crippen MR) is 182 cm³/mol. The van der Waals surface area contributed by atoms with E-state index in [4.69, 9.17) is 27.1 Å². The Hall–Kier alpha value is -4.85. The number of ether oxygens (including phenoxy) is 1. The molecule has 50 heavy (non-hydrogen) atoms. The van der Waals surface area contributed by atoms with E-state index in [2.05, 4.69) is 20.3 Å². The van der Waals surface area contributed by atoms with Crippen LogP contribution in [0.4, 0.5) is 34.6 Å². The molecule has 2 atom stereocenters. The second-order valence-corrected chi connectivity index (χ2v) is 14.3. The molecular formula is C33H29ClF3N9O3S. The summed E-state index contributed by atoms with van der Waals surface area (Å²) in [4.78, 5) is 24.8. The van der Waals surface area contributed by atoms with Crippen molar-refractivity contribution >= 4 is 66.7 Å². The van der Waals surface area contributed by atoms with Gasteiger partial charge >= 0.3 is 12.1 Å². The van der Waals surface area contributed by atoms with Gasteiger partial charge in [0.05, 0.1) is 33.1 Å². The van der Waals surface area contributed by atoms with Gasteiger partial charge in [-0.15, -0.1) is 11.3 Å². The molecule has 0 saturated carbocycles. The van der Waals surface area contributed by atoms with E-state index in [1.165, 1.54) is 12.1 Å². The number of carboxylic acid groups (broad SMARTS) is 1.